The Labute approximate surface area is 124 Å². The van der Waals surface area contributed by atoms with Gasteiger partial charge in [0.25, 0.3) is 17.9 Å². The highest BCUT2D eigenvalue weighted by atomic mass is 28.4. The van der Waals surface area contributed by atoms with Crippen molar-refractivity contribution >= 4 is 32.6 Å². The van der Waals surface area contributed by atoms with Crippen LogP contribution >= 0.6 is 0 Å². The van der Waals surface area contributed by atoms with Crippen molar-refractivity contribution < 1.29 is 32.5 Å². The molecule has 0 heterocycles. The number of primary amides is 1. The van der Waals surface area contributed by atoms with Gasteiger partial charge in [0, 0.05) is 20.8 Å². The minimum absolute atomic E-state index is 0.228. The van der Waals surface area contributed by atoms with Crippen LogP contribution in [-0.2, 0) is 32.5 Å². The summed E-state index contributed by atoms with van der Waals surface area (Å²) in [5.74, 6) is -2.39. The lowest BCUT2D eigenvalue weighted by atomic mass is 10.6. The fraction of sp³-hybridized carbons (Fsp3) is 0.500. The Morgan fingerprint density at radius 1 is 1.00 bits per heavy atom. The maximum atomic E-state index is 10.9. The molecule has 0 aromatic carbocycles. The van der Waals surface area contributed by atoms with Crippen LogP contribution in [-0.4, -0.2) is 32.6 Å². The lowest BCUT2D eigenvalue weighted by Crippen LogP contribution is -2.49. The van der Waals surface area contributed by atoms with E-state index in [2.05, 4.69) is 12.3 Å². The molecule has 0 atom stereocenters. The molecular formula is C12H21NO7Si. The molecule has 9 heteroatoms. The molecule has 0 aliphatic carbocycles. The molecule has 8 nitrogen and oxygen atoms in total. The Kier molecular flexibility index (Phi) is 10.7. The third kappa shape index (κ3) is 12.6. The van der Waals surface area contributed by atoms with Gasteiger partial charge in [0.15, 0.2) is 0 Å². The summed E-state index contributed by atoms with van der Waals surface area (Å²) in [7, 11) is -3.53. The van der Waals surface area contributed by atoms with E-state index in [4.69, 9.17) is 13.3 Å². The van der Waals surface area contributed by atoms with Crippen LogP contribution in [0.5, 0.6) is 0 Å². The average molecular weight is 319 g/mol. The number of carbonyl (C=O) groups is 4. The largest absolute Gasteiger partial charge is 0.705 e. The third-order valence-corrected chi connectivity index (χ3v) is 4.56. The van der Waals surface area contributed by atoms with Gasteiger partial charge in [0.05, 0.1) is 6.04 Å². The first-order chi connectivity index (χ1) is 9.58. The number of carbonyl (C=O) groups excluding carboxylic acids is 4. The van der Waals surface area contributed by atoms with Crippen LogP contribution in [0.2, 0.25) is 6.04 Å². The molecule has 0 aromatic heterocycles. The Morgan fingerprint density at radius 3 is 1.43 bits per heavy atom. The summed E-state index contributed by atoms with van der Waals surface area (Å²) in [5, 5.41) is 0. The van der Waals surface area contributed by atoms with Crippen LogP contribution in [0, 0.1) is 0 Å². The molecule has 0 aliphatic heterocycles. The van der Waals surface area contributed by atoms with Crippen molar-refractivity contribution in [3.05, 3.63) is 12.7 Å². The van der Waals surface area contributed by atoms with Gasteiger partial charge >= 0.3 is 8.80 Å². The van der Waals surface area contributed by atoms with Crippen molar-refractivity contribution in [3.8, 4) is 0 Å². The van der Waals surface area contributed by atoms with Gasteiger partial charge in [-0.25, -0.2) is 0 Å². The van der Waals surface area contributed by atoms with Crippen molar-refractivity contribution in [1.82, 2.24) is 0 Å². The van der Waals surface area contributed by atoms with Crippen LogP contribution in [0.15, 0.2) is 12.7 Å². The zero-order chi connectivity index (χ0) is 17.1. The molecule has 0 aromatic rings. The number of amides is 1. The smallest absolute Gasteiger partial charge is 0.455 e. The van der Waals surface area contributed by atoms with Gasteiger partial charge in [-0.05, 0) is 12.5 Å². The van der Waals surface area contributed by atoms with Gasteiger partial charge in [-0.15, -0.1) is 0 Å². The Balaban J connectivity index is 0. The molecule has 0 spiro atoms. The summed E-state index contributed by atoms with van der Waals surface area (Å²) in [6.45, 7) is 8.40. The fourth-order valence-corrected chi connectivity index (χ4v) is 3.54. The van der Waals surface area contributed by atoms with Crippen LogP contribution in [0.3, 0.4) is 0 Å². The predicted octanol–water partition coefficient (Wildman–Crippen LogP) is 0.682. The molecule has 120 valence electrons. The third-order valence-electron chi connectivity index (χ3n) is 1.66. The lowest BCUT2D eigenvalue weighted by Gasteiger charge is -2.25. The van der Waals surface area contributed by atoms with Gasteiger partial charge < -0.3 is 19.0 Å². The van der Waals surface area contributed by atoms with Crippen LogP contribution < -0.4 is 5.73 Å². The highest BCUT2D eigenvalue weighted by Crippen LogP contribution is 2.18. The Morgan fingerprint density at radius 2 is 1.29 bits per heavy atom. The van der Waals surface area contributed by atoms with Crippen molar-refractivity contribution in [3.63, 3.8) is 0 Å². The maximum absolute atomic E-state index is 10.9. The first-order valence-electron chi connectivity index (χ1n) is 6.09. The second-order valence-corrected chi connectivity index (χ2v) is 6.30. The molecule has 1 amide bonds. The van der Waals surface area contributed by atoms with Crippen molar-refractivity contribution in [1.29, 1.82) is 0 Å². The molecular weight excluding hydrogens is 298 g/mol. The summed E-state index contributed by atoms with van der Waals surface area (Å²) in [6, 6.07) is 0.228. The molecule has 0 radical (unpaired) electrons. The highest BCUT2D eigenvalue weighted by Gasteiger charge is 2.50. The normalized spacial score (nSPS) is 9.52. The van der Waals surface area contributed by atoms with Crippen molar-refractivity contribution in [2.24, 2.45) is 5.73 Å². The Bertz CT molecular complexity index is 368. The van der Waals surface area contributed by atoms with E-state index >= 15 is 0 Å². The van der Waals surface area contributed by atoms with E-state index in [1.807, 2.05) is 0 Å². The van der Waals surface area contributed by atoms with Crippen LogP contribution in [0.4, 0.5) is 0 Å². The molecule has 0 bridgehead atoms. The van der Waals surface area contributed by atoms with E-state index in [0.29, 0.717) is 6.42 Å². The highest BCUT2D eigenvalue weighted by molar-refractivity contribution is 6.65. The quantitative estimate of drug-likeness (QED) is 0.564. The SMILES string of the molecule is C=CC(N)=O.CCC[Si](OC(C)=O)(OC(C)=O)OC(C)=O. The average Bonchev–Trinajstić information content (AvgIpc) is 2.26. The number of nitrogens with two attached hydrogens (primary N) is 1. The van der Waals surface area contributed by atoms with E-state index < -0.39 is 32.6 Å². The Hall–Kier alpha value is -2.16. The van der Waals surface area contributed by atoms with E-state index in [0.717, 1.165) is 6.08 Å². The monoisotopic (exact) mass is 319 g/mol. The minimum atomic E-state index is -3.53. The predicted molar refractivity (Wildman–Crippen MR) is 75.5 cm³/mol. The lowest BCUT2D eigenvalue weighted by molar-refractivity contribution is -0.147. The second-order valence-electron chi connectivity index (χ2n) is 3.82. The zero-order valence-corrected chi connectivity index (χ0v) is 13.6. The van der Waals surface area contributed by atoms with E-state index in [1.54, 1.807) is 6.92 Å². The summed E-state index contributed by atoms with van der Waals surface area (Å²) in [5.41, 5.74) is 4.53. The van der Waals surface area contributed by atoms with Gasteiger partial charge in [-0.2, -0.15) is 0 Å². The summed E-state index contributed by atoms with van der Waals surface area (Å²) >= 11 is 0. The summed E-state index contributed by atoms with van der Waals surface area (Å²) in [6.07, 6.45) is 1.63. The molecule has 0 aliphatic rings. The van der Waals surface area contributed by atoms with Crippen LogP contribution in [0.25, 0.3) is 0 Å². The second kappa shape index (κ2) is 10.6. The standard InChI is InChI=1S/C9H16O6Si.C3H5NO/c1-5-6-16(13-7(2)10,14-8(3)11)15-9(4)12;1-2-3(4)5/h5-6H2,1-4H3;2H,1H2,(H2,4,5). The minimum Gasteiger partial charge on any atom is -0.455 e. The topological polar surface area (TPSA) is 122 Å². The van der Waals surface area contributed by atoms with Crippen molar-refractivity contribution in [2.45, 2.75) is 40.2 Å². The van der Waals surface area contributed by atoms with E-state index in [1.165, 1.54) is 20.8 Å². The molecule has 0 rings (SSSR count). The van der Waals surface area contributed by atoms with Crippen LogP contribution in [0.1, 0.15) is 34.1 Å². The molecule has 0 saturated heterocycles. The number of hydrogen-bond acceptors (Lipinski definition) is 7. The van der Waals surface area contributed by atoms with Gasteiger partial charge in [-0.3, -0.25) is 19.2 Å². The summed E-state index contributed by atoms with van der Waals surface area (Å²) < 4.78 is 14.7. The van der Waals surface area contributed by atoms with Crippen molar-refractivity contribution in [2.75, 3.05) is 0 Å². The van der Waals surface area contributed by atoms with Gasteiger partial charge in [0.2, 0.25) is 5.91 Å². The molecule has 0 fully saturated rings. The summed E-state index contributed by atoms with van der Waals surface area (Å²) in [4.78, 5) is 42.3. The molecule has 0 unspecified atom stereocenters. The first-order valence-corrected chi connectivity index (χ1v) is 8.02. The maximum Gasteiger partial charge on any atom is 0.705 e. The van der Waals surface area contributed by atoms with Gasteiger partial charge in [0.1, 0.15) is 0 Å². The van der Waals surface area contributed by atoms with E-state index in [-0.39, 0.29) is 6.04 Å². The molecule has 21 heavy (non-hydrogen) atoms. The van der Waals surface area contributed by atoms with Gasteiger partial charge in [-0.1, -0.05) is 13.5 Å². The number of rotatable bonds is 6. The number of hydrogen-bond donors (Lipinski definition) is 1. The molecule has 0 saturated carbocycles. The van der Waals surface area contributed by atoms with E-state index in [9.17, 15) is 19.2 Å². The zero-order valence-electron chi connectivity index (χ0n) is 12.6. The molecule has 2 N–H and O–H groups in total. The first kappa shape index (κ1) is 21.1. The fourth-order valence-electron chi connectivity index (χ4n) is 1.18.